The zero-order chi connectivity index (χ0) is 12.4. The van der Waals surface area contributed by atoms with Crippen molar-refractivity contribution in [2.24, 2.45) is 0 Å². The van der Waals surface area contributed by atoms with Crippen molar-refractivity contribution in [1.29, 1.82) is 0 Å². The second-order valence-corrected chi connectivity index (χ2v) is 4.95. The van der Waals surface area contributed by atoms with Crippen molar-refractivity contribution in [3.63, 3.8) is 0 Å². The molecule has 3 heterocycles. The van der Waals surface area contributed by atoms with Crippen LogP contribution in [-0.2, 0) is 6.54 Å². The van der Waals surface area contributed by atoms with Crippen LogP contribution in [-0.4, -0.2) is 26.6 Å². The lowest BCUT2D eigenvalue weighted by Gasteiger charge is -2.24. The van der Waals surface area contributed by atoms with E-state index in [1.807, 2.05) is 18.6 Å². The van der Waals surface area contributed by atoms with Crippen LogP contribution < -0.4 is 0 Å². The Bertz CT molecular complexity index is 506. The molecule has 0 spiro atoms. The normalized spacial score (nSPS) is 20.4. The van der Waals surface area contributed by atoms with Gasteiger partial charge in [-0.2, -0.15) is 5.10 Å². The van der Waals surface area contributed by atoms with Gasteiger partial charge in [0, 0.05) is 18.9 Å². The number of likely N-dealkylation sites (tertiary alicyclic amines) is 1. The molecule has 0 aliphatic carbocycles. The lowest BCUT2D eigenvalue weighted by molar-refractivity contribution is 0.243. The second kappa shape index (κ2) is 4.90. The average molecular weight is 242 g/mol. The van der Waals surface area contributed by atoms with Crippen LogP contribution in [0, 0.1) is 6.92 Å². The van der Waals surface area contributed by atoms with Gasteiger partial charge in [-0.25, -0.2) is 0 Å². The van der Waals surface area contributed by atoms with E-state index in [1.54, 1.807) is 0 Å². The highest BCUT2D eigenvalue weighted by atomic mass is 15.2. The summed E-state index contributed by atoms with van der Waals surface area (Å²) in [6.45, 7) is 4.28. The maximum absolute atomic E-state index is 4.15. The SMILES string of the molecule is Cc1cn[nH]c1[C@H]1CCCN1Cc1ccncc1. The molecule has 0 unspecified atom stereocenters. The summed E-state index contributed by atoms with van der Waals surface area (Å²) in [6.07, 6.45) is 8.12. The fourth-order valence-electron chi connectivity index (χ4n) is 2.76. The number of hydrogen-bond donors (Lipinski definition) is 1. The van der Waals surface area contributed by atoms with Gasteiger partial charge in [0.1, 0.15) is 0 Å². The molecule has 4 nitrogen and oxygen atoms in total. The predicted molar refractivity (Wildman–Crippen MR) is 69.9 cm³/mol. The molecule has 1 atom stereocenters. The maximum atomic E-state index is 4.15. The summed E-state index contributed by atoms with van der Waals surface area (Å²) in [5.74, 6) is 0. The molecule has 0 radical (unpaired) electrons. The van der Waals surface area contributed by atoms with E-state index in [0.29, 0.717) is 6.04 Å². The third-order valence-electron chi connectivity index (χ3n) is 3.70. The van der Waals surface area contributed by atoms with E-state index in [9.17, 15) is 0 Å². The van der Waals surface area contributed by atoms with Crippen molar-refractivity contribution in [3.8, 4) is 0 Å². The average Bonchev–Trinajstić information content (AvgIpc) is 2.99. The van der Waals surface area contributed by atoms with Crippen LogP contribution in [0.3, 0.4) is 0 Å². The van der Waals surface area contributed by atoms with E-state index >= 15 is 0 Å². The number of aromatic nitrogens is 3. The number of nitrogens with zero attached hydrogens (tertiary/aromatic N) is 3. The standard InChI is InChI=1S/C14H18N4/c1-11-9-16-17-14(11)13-3-2-8-18(13)10-12-4-6-15-7-5-12/h4-7,9,13H,2-3,8,10H2,1H3,(H,16,17)/t13-/m1/s1. The molecular formula is C14H18N4. The Kier molecular flexibility index (Phi) is 3.11. The predicted octanol–water partition coefficient (Wildman–Crippen LogP) is 2.45. The van der Waals surface area contributed by atoms with E-state index in [1.165, 1.54) is 29.7 Å². The minimum Gasteiger partial charge on any atom is -0.291 e. The molecule has 0 aromatic carbocycles. The van der Waals surface area contributed by atoms with Crippen molar-refractivity contribution in [2.45, 2.75) is 32.4 Å². The highest BCUT2D eigenvalue weighted by Crippen LogP contribution is 2.33. The fourth-order valence-corrected chi connectivity index (χ4v) is 2.76. The number of aryl methyl sites for hydroxylation is 1. The van der Waals surface area contributed by atoms with Crippen LogP contribution >= 0.6 is 0 Å². The summed E-state index contributed by atoms with van der Waals surface area (Å²) in [5, 5.41) is 7.31. The monoisotopic (exact) mass is 242 g/mol. The molecule has 1 N–H and O–H groups in total. The largest absolute Gasteiger partial charge is 0.291 e. The second-order valence-electron chi connectivity index (χ2n) is 4.95. The first-order chi connectivity index (χ1) is 8.84. The first-order valence-electron chi connectivity index (χ1n) is 6.47. The highest BCUT2D eigenvalue weighted by Gasteiger charge is 2.28. The maximum Gasteiger partial charge on any atom is 0.0553 e. The Morgan fingerprint density at radius 3 is 2.94 bits per heavy atom. The molecule has 94 valence electrons. The molecule has 0 amide bonds. The quantitative estimate of drug-likeness (QED) is 0.899. The van der Waals surface area contributed by atoms with Gasteiger partial charge in [0.2, 0.25) is 0 Å². The van der Waals surface area contributed by atoms with E-state index in [4.69, 9.17) is 0 Å². The zero-order valence-electron chi connectivity index (χ0n) is 10.6. The molecule has 1 fully saturated rings. The summed E-state index contributed by atoms with van der Waals surface area (Å²) >= 11 is 0. The van der Waals surface area contributed by atoms with Crippen molar-refractivity contribution < 1.29 is 0 Å². The number of pyridine rings is 1. The van der Waals surface area contributed by atoms with E-state index in [0.717, 1.165) is 13.1 Å². The van der Waals surface area contributed by atoms with Gasteiger partial charge in [-0.1, -0.05) is 0 Å². The van der Waals surface area contributed by atoms with Gasteiger partial charge in [0.25, 0.3) is 0 Å². The van der Waals surface area contributed by atoms with E-state index in [-0.39, 0.29) is 0 Å². The van der Waals surface area contributed by atoms with Crippen LogP contribution in [0.4, 0.5) is 0 Å². The molecule has 2 aromatic heterocycles. The van der Waals surface area contributed by atoms with Crippen LogP contribution in [0.5, 0.6) is 0 Å². The molecule has 4 heteroatoms. The Labute approximate surface area is 107 Å². The topological polar surface area (TPSA) is 44.8 Å². The summed E-state index contributed by atoms with van der Waals surface area (Å²) in [4.78, 5) is 6.59. The molecular weight excluding hydrogens is 224 g/mol. The molecule has 1 saturated heterocycles. The Morgan fingerprint density at radius 1 is 1.39 bits per heavy atom. The molecule has 3 rings (SSSR count). The minimum atomic E-state index is 0.487. The first kappa shape index (κ1) is 11.4. The van der Waals surface area contributed by atoms with Crippen molar-refractivity contribution >= 4 is 0 Å². The fraction of sp³-hybridized carbons (Fsp3) is 0.429. The van der Waals surface area contributed by atoms with Crippen molar-refractivity contribution in [1.82, 2.24) is 20.1 Å². The van der Waals surface area contributed by atoms with Crippen molar-refractivity contribution in [2.75, 3.05) is 6.54 Å². The number of hydrogen-bond acceptors (Lipinski definition) is 3. The smallest absolute Gasteiger partial charge is 0.0553 e. The van der Waals surface area contributed by atoms with Crippen LogP contribution in [0.25, 0.3) is 0 Å². The van der Waals surface area contributed by atoms with E-state index in [2.05, 4.69) is 39.1 Å². The van der Waals surface area contributed by atoms with Gasteiger partial charge in [0.15, 0.2) is 0 Å². The molecule has 18 heavy (non-hydrogen) atoms. The van der Waals surface area contributed by atoms with Gasteiger partial charge < -0.3 is 0 Å². The Morgan fingerprint density at radius 2 is 2.22 bits per heavy atom. The molecule has 2 aromatic rings. The molecule has 0 bridgehead atoms. The van der Waals surface area contributed by atoms with Crippen LogP contribution in [0.1, 0.15) is 35.7 Å². The van der Waals surface area contributed by atoms with Gasteiger partial charge >= 0.3 is 0 Å². The van der Waals surface area contributed by atoms with Crippen molar-refractivity contribution in [3.05, 3.63) is 47.5 Å². The number of nitrogens with one attached hydrogen (secondary N) is 1. The zero-order valence-corrected chi connectivity index (χ0v) is 10.6. The highest BCUT2D eigenvalue weighted by molar-refractivity contribution is 5.20. The van der Waals surface area contributed by atoms with Gasteiger partial charge in [-0.05, 0) is 49.6 Å². The van der Waals surface area contributed by atoms with Crippen LogP contribution in [0.2, 0.25) is 0 Å². The lowest BCUT2D eigenvalue weighted by Crippen LogP contribution is -2.23. The van der Waals surface area contributed by atoms with Gasteiger partial charge in [0.05, 0.1) is 17.9 Å². The Hall–Kier alpha value is -1.68. The first-order valence-corrected chi connectivity index (χ1v) is 6.47. The third kappa shape index (κ3) is 2.16. The van der Waals surface area contributed by atoms with Crippen LogP contribution in [0.15, 0.2) is 30.7 Å². The number of aromatic amines is 1. The molecule has 1 aliphatic rings. The Balaban J connectivity index is 1.78. The van der Waals surface area contributed by atoms with Gasteiger partial charge in [-0.3, -0.25) is 15.0 Å². The van der Waals surface area contributed by atoms with Gasteiger partial charge in [-0.15, -0.1) is 0 Å². The molecule has 1 aliphatic heterocycles. The molecule has 0 saturated carbocycles. The summed E-state index contributed by atoms with van der Waals surface area (Å²) in [5.41, 5.74) is 3.87. The summed E-state index contributed by atoms with van der Waals surface area (Å²) in [6, 6.07) is 4.67. The minimum absolute atomic E-state index is 0.487. The lowest BCUT2D eigenvalue weighted by atomic mass is 10.1. The van der Waals surface area contributed by atoms with E-state index < -0.39 is 0 Å². The third-order valence-corrected chi connectivity index (χ3v) is 3.70. The summed E-state index contributed by atoms with van der Waals surface area (Å²) < 4.78 is 0. The summed E-state index contributed by atoms with van der Waals surface area (Å²) in [7, 11) is 0. The number of rotatable bonds is 3. The number of H-pyrrole nitrogens is 1.